The highest BCUT2D eigenvalue weighted by Gasteiger charge is 2.57. The Balaban J connectivity index is 2.09. The van der Waals surface area contributed by atoms with Crippen molar-refractivity contribution >= 4 is 33.3 Å². The van der Waals surface area contributed by atoms with Gasteiger partial charge < -0.3 is 10.4 Å². The van der Waals surface area contributed by atoms with Gasteiger partial charge in [-0.3, -0.25) is 14.3 Å². The van der Waals surface area contributed by atoms with Crippen molar-refractivity contribution in [2.45, 2.75) is 26.2 Å². The van der Waals surface area contributed by atoms with Crippen LogP contribution in [0.1, 0.15) is 26.2 Å². The van der Waals surface area contributed by atoms with Gasteiger partial charge in [0.2, 0.25) is 15.9 Å². The first kappa shape index (κ1) is 16.3. The van der Waals surface area contributed by atoms with Crippen molar-refractivity contribution in [3.63, 3.8) is 0 Å². The number of anilines is 2. The zero-order valence-electron chi connectivity index (χ0n) is 12.1. The molecule has 0 atom stereocenters. The van der Waals surface area contributed by atoms with Crippen LogP contribution in [0.15, 0.2) is 24.3 Å². The predicted octanol–water partition coefficient (Wildman–Crippen LogP) is 1.64. The highest BCUT2D eigenvalue weighted by atomic mass is 32.2. The van der Waals surface area contributed by atoms with E-state index >= 15 is 0 Å². The van der Waals surface area contributed by atoms with Crippen LogP contribution in [-0.2, 0) is 19.6 Å². The predicted molar refractivity (Wildman–Crippen MR) is 82.1 cm³/mol. The van der Waals surface area contributed by atoms with Crippen LogP contribution in [0.5, 0.6) is 0 Å². The number of carboxylic acids is 1. The molecule has 1 amide bonds. The molecule has 0 aromatic heterocycles. The van der Waals surface area contributed by atoms with Gasteiger partial charge in [0.15, 0.2) is 0 Å². The summed E-state index contributed by atoms with van der Waals surface area (Å²) in [6.07, 6.45) is 1.13. The van der Waals surface area contributed by atoms with Crippen molar-refractivity contribution < 1.29 is 23.1 Å². The fourth-order valence-electron chi connectivity index (χ4n) is 2.07. The van der Waals surface area contributed by atoms with Crippen LogP contribution in [-0.4, -0.2) is 31.2 Å². The van der Waals surface area contributed by atoms with Gasteiger partial charge in [0, 0.05) is 5.69 Å². The lowest BCUT2D eigenvalue weighted by Crippen LogP contribution is -2.31. The Hall–Kier alpha value is -2.09. The van der Waals surface area contributed by atoms with Gasteiger partial charge in [-0.1, -0.05) is 13.0 Å². The van der Waals surface area contributed by atoms with Crippen molar-refractivity contribution in [1.82, 2.24) is 0 Å². The lowest BCUT2D eigenvalue weighted by molar-refractivity contribution is -0.147. The van der Waals surface area contributed by atoms with E-state index in [1.165, 1.54) is 6.07 Å². The van der Waals surface area contributed by atoms with E-state index in [1.807, 2.05) is 0 Å². The van der Waals surface area contributed by atoms with E-state index in [9.17, 15) is 18.0 Å². The van der Waals surface area contributed by atoms with Crippen LogP contribution in [0.25, 0.3) is 0 Å². The number of nitrogens with one attached hydrogen (secondary N) is 2. The quantitative estimate of drug-likeness (QED) is 0.659. The molecule has 0 heterocycles. The van der Waals surface area contributed by atoms with Crippen LogP contribution in [0.3, 0.4) is 0 Å². The summed E-state index contributed by atoms with van der Waals surface area (Å²) < 4.78 is 25.8. The molecule has 0 unspecified atom stereocenters. The van der Waals surface area contributed by atoms with E-state index in [1.54, 1.807) is 25.1 Å². The number of sulfonamides is 1. The van der Waals surface area contributed by atoms with Gasteiger partial charge in [-0.2, -0.15) is 0 Å². The normalized spacial score (nSPS) is 15.9. The Morgan fingerprint density at radius 3 is 2.45 bits per heavy atom. The molecule has 2 rings (SSSR count). The third-order valence-corrected chi connectivity index (χ3v) is 4.95. The third-order valence-electron chi connectivity index (χ3n) is 3.46. The van der Waals surface area contributed by atoms with Gasteiger partial charge in [-0.25, -0.2) is 8.42 Å². The van der Waals surface area contributed by atoms with Crippen LogP contribution < -0.4 is 10.0 Å². The molecular formula is C14H18N2O5S. The van der Waals surface area contributed by atoms with E-state index in [4.69, 9.17) is 5.11 Å². The Bertz CT molecular complexity index is 695. The second kappa shape index (κ2) is 5.96. The van der Waals surface area contributed by atoms with Crippen molar-refractivity contribution in [1.29, 1.82) is 0 Å². The lowest BCUT2D eigenvalue weighted by atomic mass is 10.1. The Morgan fingerprint density at radius 1 is 1.27 bits per heavy atom. The van der Waals surface area contributed by atoms with Crippen molar-refractivity contribution in [2.24, 2.45) is 5.41 Å². The molecule has 1 saturated carbocycles. The van der Waals surface area contributed by atoms with Crippen molar-refractivity contribution in [2.75, 3.05) is 15.8 Å². The Labute approximate surface area is 128 Å². The largest absolute Gasteiger partial charge is 0.480 e. The van der Waals surface area contributed by atoms with Crippen molar-refractivity contribution in [3.05, 3.63) is 24.3 Å². The molecule has 1 aromatic carbocycles. The van der Waals surface area contributed by atoms with E-state index in [-0.39, 0.29) is 5.75 Å². The summed E-state index contributed by atoms with van der Waals surface area (Å²) in [7, 11) is -3.42. The number of hydrogen-bond donors (Lipinski definition) is 3. The van der Waals surface area contributed by atoms with E-state index < -0.39 is 27.3 Å². The minimum absolute atomic E-state index is 0.00567. The molecule has 1 fully saturated rings. The summed E-state index contributed by atoms with van der Waals surface area (Å²) in [6, 6.07) is 6.18. The fraction of sp³-hybridized carbons (Fsp3) is 0.429. The molecule has 22 heavy (non-hydrogen) atoms. The minimum Gasteiger partial charge on any atom is -0.480 e. The number of carbonyl (C=O) groups is 2. The zero-order valence-corrected chi connectivity index (χ0v) is 12.9. The summed E-state index contributed by atoms with van der Waals surface area (Å²) in [4.78, 5) is 23.1. The molecule has 120 valence electrons. The number of hydrogen-bond acceptors (Lipinski definition) is 4. The lowest BCUT2D eigenvalue weighted by Gasteiger charge is -2.12. The zero-order chi connectivity index (χ0) is 16.4. The number of amides is 1. The van der Waals surface area contributed by atoms with Gasteiger partial charge in [0.25, 0.3) is 0 Å². The Morgan fingerprint density at radius 2 is 1.91 bits per heavy atom. The topological polar surface area (TPSA) is 113 Å². The smallest absolute Gasteiger partial charge is 0.319 e. The fourth-order valence-corrected chi connectivity index (χ4v) is 3.20. The van der Waals surface area contributed by atoms with E-state index in [0.29, 0.717) is 30.6 Å². The Kier molecular flexibility index (Phi) is 4.41. The number of carbonyl (C=O) groups excluding carboxylic acids is 1. The molecule has 1 aliphatic rings. The monoisotopic (exact) mass is 326 g/mol. The highest BCUT2D eigenvalue weighted by molar-refractivity contribution is 7.92. The molecule has 0 saturated heterocycles. The third kappa shape index (κ3) is 3.56. The molecule has 0 bridgehead atoms. The van der Waals surface area contributed by atoms with E-state index in [0.717, 1.165) is 0 Å². The standard InChI is InChI=1S/C14H18N2O5S/c1-2-8-22(20,21)16-11-5-3-4-10(9-11)15-12(17)14(6-7-14)13(18)19/h3-5,9,16H,2,6-8H2,1H3,(H,15,17)(H,18,19). The molecule has 7 nitrogen and oxygen atoms in total. The summed E-state index contributed by atoms with van der Waals surface area (Å²) >= 11 is 0. The second-order valence-electron chi connectivity index (χ2n) is 5.34. The SMILES string of the molecule is CCCS(=O)(=O)Nc1cccc(NC(=O)C2(C(=O)O)CC2)c1. The molecular weight excluding hydrogens is 308 g/mol. The molecule has 0 radical (unpaired) electrons. The average Bonchev–Trinajstić information content (AvgIpc) is 3.19. The van der Waals surface area contributed by atoms with Gasteiger partial charge in [-0.15, -0.1) is 0 Å². The maximum Gasteiger partial charge on any atom is 0.319 e. The number of rotatable bonds is 7. The molecule has 3 N–H and O–H groups in total. The molecule has 0 spiro atoms. The van der Waals surface area contributed by atoms with Crippen LogP contribution in [0.4, 0.5) is 11.4 Å². The maximum absolute atomic E-state index is 12.0. The summed E-state index contributed by atoms with van der Waals surface area (Å²) in [5, 5.41) is 11.6. The first-order valence-corrected chi connectivity index (χ1v) is 8.60. The van der Waals surface area contributed by atoms with Gasteiger partial charge in [0.1, 0.15) is 5.41 Å². The number of benzene rings is 1. The van der Waals surface area contributed by atoms with Gasteiger partial charge in [0.05, 0.1) is 11.4 Å². The first-order chi connectivity index (χ1) is 10.3. The summed E-state index contributed by atoms with van der Waals surface area (Å²) in [5.41, 5.74) is -0.654. The van der Waals surface area contributed by atoms with Crippen LogP contribution >= 0.6 is 0 Å². The van der Waals surface area contributed by atoms with Crippen LogP contribution in [0.2, 0.25) is 0 Å². The summed E-state index contributed by atoms with van der Waals surface area (Å²) in [6.45, 7) is 1.76. The highest BCUT2D eigenvalue weighted by Crippen LogP contribution is 2.46. The molecule has 0 aliphatic heterocycles. The van der Waals surface area contributed by atoms with Crippen LogP contribution in [0, 0.1) is 5.41 Å². The average molecular weight is 326 g/mol. The van der Waals surface area contributed by atoms with Gasteiger partial charge >= 0.3 is 5.97 Å². The first-order valence-electron chi connectivity index (χ1n) is 6.94. The van der Waals surface area contributed by atoms with Crippen molar-refractivity contribution in [3.8, 4) is 0 Å². The van der Waals surface area contributed by atoms with Gasteiger partial charge in [-0.05, 0) is 37.5 Å². The number of carboxylic acid groups (broad SMARTS) is 1. The molecule has 8 heteroatoms. The summed E-state index contributed by atoms with van der Waals surface area (Å²) in [5.74, 6) is -1.70. The number of aliphatic carboxylic acids is 1. The minimum atomic E-state index is -3.42. The van der Waals surface area contributed by atoms with E-state index in [2.05, 4.69) is 10.0 Å². The molecule has 1 aliphatic carbocycles. The molecule has 1 aromatic rings. The second-order valence-corrected chi connectivity index (χ2v) is 7.18. The maximum atomic E-state index is 12.0.